The van der Waals surface area contributed by atoms with E-state index in [0.29, 0.717) is 27.7 Å². The van der Waals surface area contributed by atoms with Crippen LogP contribution in [0.25, 0.3) is 0 Å². The first-order valence-corrected chi connectivity index (χ1v) is 8.61. The molecule has 0 fully saturated rings. The van der Waals surface area contributed by atoms with E-state index < -0.39 is 0 Å². The summed E-state index contributed by atoms with van der Waals surface area (Å²) in [6, 6.07) is 13.2. The van der Waals surface area contributed by atoms with Crippen LogP contribution < -0.4 is 10.6 Å². The predicted octanol–water partition coefficient (Wildman–Crippen LogP) is 4.78. The van der Waals surface area contributed by atoms with Crippen LogP contribution in [-0.4, -0.2) is 29.1 Å². The van der Waals surface area contributed by atoms with E-state index >= 15 is 0 Å². The molecular weight excluding hydrogens is 363 g/mol. The predicted molar refractivity (Wildman–Crippen MR) is 106 cm³/mol. The summed E-state index contributed by atoms with van der Waals surface area (Å²) in [5.41, 5.74) is 2.79. The van der Waals surface area contributed by atoms with Crippen LogP contribution in [0.1, 0.15) is 5.56 Å². The summed E-state index contributed by atoms with van der Waals surface area (Å²) in [7, 11) is 0. The number of nitrogens with zero attached hydrogens (tertiary/aromatic N) is 2. The first-order chi connectivity index (χ1) is 11.5. The van der Waals surface area contributed by atoms with E-state index in [1.165, 1.54) is 0 Å². The summed E-state index contributed by atoms with van der Waals surface area (Å²) in [5.74, 6) is 0.716. The van der Waals surface area contributed by atoms with E-state index in [2.05, 4.69) is 15.6 Å². The lowest BCUT2D eigenvalue weighted by Crippen LogP contribution is -2.40. The number of thiocarbonyl (C=S) groups is 1. The van der Waals surface area contributed by atoms with Crippen LogP contribution in [-0.2, 0) is 0 Å². The molecule has 0 bridgehead atoms. The van der Waals surface area contributed by atoms with Crippen LogP contribution in [0.15, 0.2) is 47.5 Å². The molecule has 1 aliphatic rings. The number of rotatable bonds is 2. The molecule has 1 aliphatic heterocycles. The fourth-order valence-electron chi connectivity index (χ4n) is 2.28. The minimum atomic E-state index is 0.577. The molecule has 24 heavy (non-hydrogen) atoms. The lowest BCUT2D eigenvalue weighted by molar-refractivity contribution is 0.674. The number of hydrogen-bond acceptors (Lipinski definition) is 3. The highest BCUT2D eigenvalue weighted by Crippen LogP contribution is 2.21. The van der Waals surface area contributed by atoms with E-state index in [0.717, 1.165) is 23.5 Å². The second kappa shape index (κ2) is 7.38. The Kier molecular flexibility index (Phi) is 5.23. The van der Waals surface area contributed by atoms with Gasteiger partial charge in [-0.2, -0.15) is 0 Å². The van der Waals surface area contributed by atoms with Crippen molar-refractivity contribution in [2.75, 3.05) is 23.7 Å². The standard InChI is InChI=1S/C17H16Cl2N4S/c1-11-2-5-14(10-15(11)19)22-17(24)23-9-8-20-16(23)21-13-6-3-12(18)4-7-13/h2-7,10H,8-9H2,1H3,(H,20,21)(H,22,24). The summed E-state index contributed by atoms with van der Waals surface area (Å²) >= 11 is 17.6. The number of halogens is 2. The molecule has 3 rings (SSSR count). The van der Waals surface area contributed by atoms with E-state index in [-0.39, 0.29) is 0 Å². The van der Waals surface area contributed by atoms with Crippen molar-refractivity contribution in [3.05, 3.63) is 58.1 Å². The summed E-state index contributed by atoms with van der Waals surface area (Å²) < 4.78 is 0. The summed E-state index contributed by atoms with van der Waals surface area (Å²) in [6.45, 7) is 3.37. The number of aliphatic imine (C=N–C) groups is 1. The molecule has 4 nitrogen and oxygen atoms in total. The van der Waals surface area contributed by atoms with Gasteiger partial charge in [-0.25, -0.2) is 0 Å². The molecule has 0 saturated heterocycles. The molecule has 2 aromatic rings. The third kappa shape index (κ3) is 3.98. The van der Waals surface area contributed by atoms with Crippen molar-refractivity contribution < 1.29 is 0 Å². The fraction of sp³-hybridized carbons (Fsp3) is 0.176. The van der Waals surface area contributed by atoms with Crippen LogP contribution in [0.4, 0.5) is 11.4 Å². The van der Waals surface area contributed by atoms with Gasteiger partial charge < -0.3 is 10.6 Å². The van der Waals surface area contributed by atoms with Gasteiger partial charge in [0.05, 0.1) is 6.54 Å². The second-order valence-corrected chi connectivity index (χ2v) is 6.61. The highest BCUT2D eigenvalue weighted by atomic mass is 35.5. The Hall–Kier alpha value is -1.82. The van der Waals surface area contributed by atoms with Crippen LogP contribution in [0.5, 0.6) is 0 Å². The van der Waals surface area contributed by atoms with Crippen LogP contribution in [0.2, 0.25) is 10.0 Å². The Labute approximate surface area is 156 Å². The lowest BCUT2D eigenvalue weighted by atomic mass is 10.2. The van der Waals surface area contributed by atoms with Crippen molar-refractivity contribution in [3.63, 3.8) is 0 Å². The van der Waals surface area contributed by atoms with Crippen molar-refractivity contribution in [1.82, 2.24) is 4.90 Å². The molecule has 1 heterocycles. The molecule has 2 N–H and O–H groups in total. The Morgan fingerprint density at radius 3 is 2.54 bits per heavy atom. The number of nitrogens with one attached hydrogen (secondary N) is 2. The molecule has 0 aromatic heterocycles. The number of anilines is 2. The average Bonchev–Trinajstić information content (AvgIpc) is 3.01. The zero-order valence-corrected chi connectivity index (χ0v) is 15.3. The zero-order valence-electron chi connectivity index (χ0n) is 13.0. The highest BCUT2D eigenvalue weighted by molar-refractivity contribution is 7.80. The molecule has 0 amide bonds. The second-order valence-electron chi connectivity index (χ2n) is 5.38. The summed E-state index contributed by atoms with van der Waals surface area (Å²) in [6.07, 6.45) is 0. The van der Waals surface area contributed by atoms with E-state index in [1.54, 1.807) is 0 Å². The first-order valence-electron chi connectivity index (χ1n) is 7.44. The van der Waals surface area contributed by atoms with Crippen molar-refractivity contribution in [2.45, 2.75) is 6.92 Å². The van der Waals surface area contributed by atoms with Gasteiger partial charge in [-0.15, -0.1) is 0 Å². The van der Waals surface area contributed by atoms with Crippen LogP contribution in [0, 0.1) is 6.92 Å². The van der Waals surface area contributed by atoms with Gasteiger partial charge in [0.1, 0.15) is 0 Å². The van der Waals surface area contributed by atoms with Gasteiger partial charge >= 0.3 is 0 Å². The third-order valence-electron chi connectivity index (χ3n) is 3.61. The first kappa shape index (κ1) is 17.0. The molecule has 124 valence electrons. The largest absolute Gasteiger partial charge is 0.332 e. The number of benzene rings is 2. The molecular formula is C17H16Cl2N4S. The van der Waals surface area contributed by atoms with Crippen molar-refractivity contribution in [3.8, 4) is 0 Å². The third-order valence-corrected chi connectivity index (χ3v) is 4.59. The van der Waals surface area contributed by atoms with Crippen molar-refractivity contribution in [1.29, 1.82) is 0 Å². The van der Waals surface area contributed by atoms with Gasteiger partial charge in [0, 0.05) is 28.0 Å². The van der Waals surface area contributed by atoms with Gasteiger partial charge in [-0.3, -0.25) is 9.89 Å². The topological polar surface area (TPSA) is 39.7 Å². The number of guanidine groups is 1. The van der Waals surface area contributed by atoms with E-state index in [9.17, 15) is 0 Å². The van der Waals surface area contributed by atoms with Gasteiger partial charge in [0.25, 0.3) is 0 Å². The number of aryl methyl sites for hydroxylation is 1. The van der Waals surface area contributed by atoms with Crippen LogP contribution >= 0.6 is 35.4 Å². The van der Waals surface area contributed by atoms with Gasteiger partial charge in [-0.1, -0.05) is 29.3 Å². The van der Waals surface area contributed by atoms with E-state index in [1.807, 2.05) is 54.3 Å². The van der Waals surface area contributed by atoms with Crippen molar-refractivity contribution in [2.24, 2.45) is 4.99 Å². The molecule has 0 spiro atoms. The highest BCUT2D eigenvalue weighted by Gasteiger charge is 2.21. The average molecular weight is 379 g/mol. The quantitative estimate of drug-likeness (QED) is 0.737. The monoisotopic (exact) mass is 378 g/mol. The van der Waals surface area contributed by atoms with E-state index in [4.69, 9.17) is 35.4 Å². The molecule has 0 radical (unpaired) electrons. The molecule has 2 aromatic carbocycles. The normalized spacial score (nSPS) is 13.6. The van der Waals surface area contributed by atoms with Gasteiger partial charge in [-0.05, 0) is 61.1 Å². The Balaban J connectivity index is 1.68. The SMILES string of the molecule is Cc1ccc(NC(=S)N2CCN=C2Nc2ccc(Cl)cc2)cc1Cl. The molecule has 0 aliphatic carbocycles. The maximum absolute atomic E-state index is 6.16. The maximum atomic E-state index is 6.16. The fourth-order valence-corrected chi connectivity index (χ4v) is 2.88. The van der Waals surface area contributed by atoms with Gasteiger partial charge in [0.2, 0.25) is 5.96 Å². The minimum absolute atomic E-state index is 0.577. The Morgan fingerprint density at radius 1 is 1.12 bits per heavy atom. The zero-order chi connectivity index (χ0) is 17.1. The molecule has 7 heteroatoms. The molecule has 0 unspecified atom stereocenters. The van der Waals surface area contributed by atoms with Crippen LogP contribution in [0.3, 0.4) is 0 Å². The molecule has 0 saturated carbocycles. The molecule has 0 atom stereocenters. The number of hydrogen-bond donors (Lipinski definition) is 2. The van der Waals surface area contributed by atoms with Crippen molar-refractivity contribution >= 4 is 57.9 Å². The lowest BCUT2D eigenvalue weighted by Gasteiger charge is -2.22. The van der Waals surface area contributed by atoms with Gasteiger partial charge in [0.15, 0.2) is 5.11 Å². The summed E-state index contributed by atoms with van der Waals surface area (Å²) in [5, 5.41) is 8.45. The summed E-state index contributed by atoms with van der Waals surface area (Å²) in [4.78, 5) is 6.40. The Morgan fingerprint density at radius 2 is 1.83 bits per heavy atom. The smallest absolute Gasteiger partial charge is 0.204 e. The minimum Gasteiger partial charge on any atom is -0.332 e. The Bertz CT molecular complexity index is 790. The maximum Gasteiger partial charge on any atom is 0.204 e.